The van der Waals surface area contributed by atoms with Gasteiger partial charge in [-0.25, -0.2) is 0 Å². The molecule has 6 heteroatoms. The molecule has 0 aromatic carbocycles. The number of halogens is 3. The van der Waals surface area contributed by atoms with Crippen molar-refractivity contribution in [2.45, 2.75) is 6.18 Å². The first kappa shape index (κ1) is 11.2. The van der Waals surface area contributed by atoms with E-state index in [0.717, 1.165) is 12.3 Å². The molecular weight excluding hydrogens is 221 g/mol. The molecule has 1 fully saturated rings. The van der Waals surface area contributed by atoms with Crippen LogP contribution in [0.15, 0.2) is 18.5 Å². The van der Waals surface area contributed by atoms with Gasteiger partial charge in [0.05, 0.1) is 30.7 Å². The minimum atomic E-state index is -4.34. The molecule has 0 amide bonds. The topological polar surface area (TPSA) is 25.4 Å². The Labute approximate surface area is 90.8 Å². The second-order valence-corrected chi connectivity index (χ2v) is 3.49. The van der Waals surface area contributed by atoms with Gasteiger partial charge in [0.15, 0.2) is 0 Å². The number of alkyl halides is 3. The van der Waals surface area contributed by atoms with Crippen molar-refractivity contribution in [3.8, 4) is 0 Å². The third-order valence-electron chi connectivity index (χ3n) is 2.46. The summed E-state index contributed by atoms with van der Waals surface area (Å²) in [6.07, 6.45) is -1.92. The lowest BCUT2D eigenvalue weighted by atomic mass is 10.2. The van der Waals surface area contributed by atoms with Crippen LogP contribution in [0.25, 0.3) is 0 Å². The SMILES string of the molecule is FC(F)(F)c1ccncc1N1CCOCC1. The van der Waals surface area contributed by atoms with Crippen LogP contribution in [0.5, 0.6) is 0 Å². The van der Waals surface area contributed by atoms with E-state index in [-0.39, 0.29) is 5.69 Å². The largest absolute Gasteiger partial charge is 0.418 e. The molecule has 0 atom stereocenters. The van der Waals surface area contributed by atoms with Crippen LogP contribution in [0.4, 0.5) is 18.9 Å². The smallest absolute Gasteiger partial charge is 0.378 e. The molecule has 0 radical (unpaired) electrons. The van der Waals surface area contributed by atoms with Crippen molar-refractivity contribution in [3.63, 3.8) is 0 Å². The minimum absolute atomic E-state index is 0.137. The zero-order valence-corrected chi connectivity index (χ0v) is 8.50. The number of anilines is 1. The lowest BCUT2D eigenvalue weighted by Crippen LogP contribution is -2.37. The maximum Gasteiger partial charge on any atom is 0.418 e. The highest BCUT2D eigenvalue weighted by atomic mass is 19.4. The first-order valence-electron chi connectivity index (χ1n) is 4.93. The maximum absolute atomic E-state index is 12.7. The van der Waals surface area contributed by atoms with Crippen molar-refractivity contribution in [2.75, 3.05) is 31.2 Å². The van der Waals surface area contributed by atoms with Crippen LogP contribution in [0.3, 0.4) is 0 Å². The Kier molecular flexibility index (Phi) is 3.00. The van der Waals surface area contributed by atoms with Gasteiger partial charge in [0, 0.05) is 19.3 Å². The first-order chi connectivity index (χ1) is 7.59. The summed E-state index contributed by atoms with van der Waals surface area (Å²) in [6.45, 7) is 1.84. The Morgan fingerprint density at radius 1 is 1.25 bits per heavy atom. The van der Waals surface area contributed by atoms with Crippen LogP contribution in [0.1, 0.15) is 5.56 Å². The molecule has 88 valence electrons. The highest BCUT2D eigenvalue weighted by Gasteiger charge is 2.35. The number of rotatable bonds is 1. The van der Waals surface area contributed by atoms with E-state index in [1.54, 1.807) is 4.90 Å². The fourth-order valence-electron chi connectivity index (χ4n) is 1.68. The van der Waals surface area contributed by atoms with Gasteiger partial charge < -0.3 is 9.64 Å². The molecule has 1 saturated heterocycles. The summed E-state index contributed by atoms with van der Waals surface area (Å²) >= 11 is 0. The predicted molar refractivity (Wildman–Crippen MR) is 52.3 cm³/mol. The van der Waals surface area contributed by atoms with E-state index in [4.69, 9.17) is 4.74 Å². The normalized spacial score (nSPS) is 17.6. The molecule has 0 bridgehead atoms. The second kappa shape index (κ2) is 4.29. The Balaban J connectivity index is 2.32. The summed E-state index contributed by atoms with van der Waals surface area (Å²) in [5, 5.41) is 0. The molecule has 0 spiro atoms. The van der Waals surface area contributed by atoms with Crippen molar-refractivity contribution in [2.24, 2.45) is 0 Å². The van der Waals surface area contributed by atoms with Crippen molar-refractivity contribution < 1.29 is 17.9 Å². The third kappa shape index (κ3) is 2.27. The van der Waals surface area contributed by atoms with Gasteiger partial charge in [-0.3, -0.25) is 4.98 Å². The van der Waals surface area contributed by atoms with E-state index in [1.165, 1.54) is 6.20 Å². The van der Waals surface area contributed by atoms with E-state index in [9.17, 15) is 13.2 Å². The van der Waals surface area contributed by atoms with Gasteiger partial charge in [-0.05, 0) is 6.07 Å². The summed E-state index contributed by atoms with van der Waals surface area (Å²) in [5.41, 5.74) is -0.498. The van der Waals surface area contributed by atoms with Crippen molar-refractivity contribution in [1.82, 2.24) is 4.98 Å². The molecule has 1 aromatic rings. The number of hydrogen-bond donors (Lipinski definition) is 0. The minimum Gasteiger partial charge on any atom is -0.378 e. The monoisotopic (exact) mass is 232 g/mol. The standard InChI is InChI=1S/C10H11F3N2O/c11-10(12,13)8-1-2-14-7-9(8)15-3-5-16-6-4-15/h1-2,7H,3-6H2. The van der Waals surface area contributed by atoms with Crippen LogP contribution in [0.2, 0.25) is 0 Å². The van der Waals surface area contributed by atoms with E-state index in [1.807, 2.05) is 0 Å². The number of nitrogens with zero attached hydrogens (tertiary/aromatic N) is 2. The van der Waals surface area contributed by atoms with Crippen molar-refractivity contribution >= 4 is 5.69 Å². The Morgan fingerprint density at radius 3 is 2.56 bits per heavy atom. The van der Waals surface area contributed by atoms with Gasteiger partial charge >= 0.3 is 6.18 Å². The van der Waals surface area contributed by atoms with E-state index >= 15 is 0 Å². The van der Waals surface area contributed by atoms with Crippen molar-refractivity contribution in [3.05, 3.63) is 24.0 Å². The van der Waals surface area contributed by atoms with E-state index < -0.39 is 11.7 Å². The van der Waals surface area contributed by atoms with Crippen molar-refractivity contribution in [1.29, 1.82) is 0 Å². The molecule has 16 heavy (non-hydrogen) atoms. The molecule has 2 heterocycles. The molecule has 0 aliphatic carbocycles. The Hall–Kier alpha value is -1.30. The van der Waals surface area contributed by atoms with Gasteiger partial charge in [0.25, 0.3) is 0 Å². The number of aromatic nitrogens is 1. The van der Waals surface area contributed by atoms with Gasteiger partial charge in [0.2, 0.25) is 0 Å². The molecule has 0 N–H and O–H groups in total. The van der Waals surface area contributed by atoms with Gasteiger partial charge in [-0.2, -0.15) is 13.2 Å². The summed E-state index contributed by atoms with van der Waals surface area (Å²) in [4.78, 5) is 5.40. The quantitative estimate of drug-likeness (QED) is 0.739. The highest BCUT2D eigenvalue weighted by Crippen LogP contribution is 2.35. The van der Waals surface area contributed by atoms with Crippen LogP contribution in [-0.4, -0.2) is 31.3 Å². The third-order valence-corrected chi connectivity index (χ3v) is 2.46. The first-order valence-corrected chi connectivity index (χ1v) is 4.93. The summed E-state index contributed by atoms with van der Waals surface area (Å²) in [7, 11) is 0. The molecule has 2 rings (SSSR count). The van der Waals surface area contributed by atoms with Crippen LogP contribution >= 0.6 is 0 Å². The number of pyridine rings is 1. The number of ether oxygens (including phenoxy) is 1. The number of hydrogen-bond acceptors (Lipinski definition) is 3. The number of morpholine rings is 1. The molecule has 1 aliphatic heterocycles. The maximum atomic E-state index is 12.7. The lowest BCUT2D eigenvalue weighted by Gasteiger charge is -2.30. The zero-order chi connectivity index (χ0) is 11.6. The molecule has 0 saturated carbocycles. The zero-order valence-electron chi connectivity index (χ0n) is 8.50. The summed E-state index contributed by atoms with van der Waals surface area (Å²) < 4.78 is 43.3. The molecule has 3 nitrogen and oxygen atoms in total. The van der Waals surface area contributed by atoms with E-state index in [0.29, 0.717) is 26.3 Å². The Morgan fingerprint density at radius 2 is 1.94 bits per heavy atom. The molecular formula is C10H11F3N2O. The Bertz CT molecular complexity index is 361. The van der Waals surface area contributed by atoms with Gasteiger partial charge in [-0.15, -0.1) is 0 Å². The predicted octanol–water partition coefficient (Wildman–Crippen LogP) is 1.94. The second-order valence-electron chi connectivity index (χ2n) is 3.49. The van der Waals surface area contributed by atoms with Gasteiger partial charge in [-0.1, -0.05) is 0 Å². The van der Waals surface area contributed by atoms with E-state index in [2.05, 4.69) is 4.98 Å². The molecule has 0 unspecified atom stereocenters. The summed E-state index contributed by atoms with van der Waals surface area (Å²) in [5.74, 6) is 0. The summed E-state index contributed by atoms with van der Waals surface area (Å²) in [6, 6.07) is 1.00. The molecule has 1 aromatic heterocycles. The van der Waals surface area contributed by atoms with Gasteiger partial charge in [0.1, 0.15) is 0 Å². The molecule has 1 aliphatic rings. The average Bonchev–Trinajstić information content (AvgIpc) is 2.29. The van der Waals surface area contributed by atoms with Crippen LogP contribution in [0, 0.1) is 0 Å². The fourth-order valence-corrected chi connectivity index (χ4v) is 1.68. The average molecular weight is 232 g/mol. The van der Waals surface area contributed by atoms with Crippen LogP contribution < -0.4 is 4.90 Å². The fraction of sp³-hybridized carbons (Fsp3) is 0.500. The van der Waals surface area contributed by atoms with Crippen LogP contribution in [-0.2, 0) is 10.9 Å². The lowest BCUT2D eigenvalue weighted by molar-refractivity contribution is -0.137. The highest BCUT2D eigenvalue weighted by molar-refractivity contribution is 5.53.